The Bertz CT molecular complexity index is 301. The second kappa shape index (κ2) is 3.29. The number of hydrogen-bond donors (Lipinski definition) is 2. The van der Waals surface area contributed by atoms with E-state index in [0.29, 0.717) is 6.04 Å². The van der Waals surface area contributed by atoms with Crippen molar-refractivity contribution in [3.63, 3.8) is 0 Å². The summed E-state index contributed by atoms with van der Waals surface area (Å²) in [6, 6.07) is 2.39. The lowest BCUT2D eigenvalue weighted by Gasteiger charge is -2.15. The molecule has 0 aromatic carbocycles. The Morgan fingerprint density at radius 1 is 1.50 bits per heavy atom. The third kappa shape index (κ3) is 1.21. The van der Waals surface area contributed by atoms with Crippen molar-refractivity contribution in [2.75, 3.05) is 0 Å². The molecule has 0 radical (unpaired) electrons. The number of nitrogens with two attached hydrogens (primary N) is 1. The van der Waals surface area contributed by atoms with Gasteiger partial charge in [0.15, 0.2) is 0 Å². The molecule has 3 unspecified atom stereocenters. The van der Waals surface area contributed by atoms with Gasteiger partial charge in [0.25, 0.3) is 0 Å². The lowest BCUT2D eigenvalue weighted by atomic mass is 10.0. The van der Waals surface area contributed by atoms with Crippen molar-refractivity contribution >= 4 is 11.5 Å². The maximum absolute atomic E-state index is 5.62. The summed E-state index contributed by atoms with van der Waals surface area (Å²) in [6.07, 6.45) is 4.22. The van der Waals surface area contributed by atoms with Gasteiger partial charge < -0.3 is 0 Å². The molecule has 0 saturated heterocycles. The summed E-state index contributed by atoms with van der Waals surface area (Å²) in [5, 5.41) is 2.03. The molecule has 3 atom stereocenters. The molecule has 0 amide bonds. The molecular weight excluding hydrogens is 194 g/mol. The van der Waals surface area contributed by atoms with Gasteiger partial charge in [0.2, 0.25) is 0 Å². The van der Waals surface area contributed by atoms with E-state index in [9.17, 15) is 0 Å². The van der Waals surface area contributed by atoms with Crippen LogP contribution in [-0.4, -0.2) is 4.37 Å². The molecule has 2 saturated carbocycles. The predicted molar refractivity (Wildman–Crippen MR) is 56.5 cm³/mol. The molecule has 2 aliphatic carbocycles. The molecule has 3 nitrogen and oxygen atoms in total. The smallest absolute Gasteiger partial charge is 0.0728 e. The fourth-order valence-corrected chi connectivity index (χ4v) is 3.70. The van der Waals surface area contributed by atoms with Crippen LogP contribution in [0.25, 0.3) is 0 Å². The first-order chi connectivity index (χ1) is 6.92. The molecule has 3 N–H and O–H groups in total. The lowest BCUT2D eigenvalue weighted by molar-refractivity contribution is 0.419. The van der Waals surface area contributed by atoms with E-state index in [4.69, 9.17) is 5.84 Å². The van der Waals surface area contributed by atoms with E-state index >= 15 is 0 Å². The number of hydrazine groups is 1. The Morgan fingerprint density at radius 3 is 2.86 bits per heavy atom. The molecule has 1 aromatic heterocycles. The van der Waals surface area contributed by atoms with Crippen molar-refractivity contribution in [1.82, 2.24) is 9.80 Å². The van der Waals surface area contributed by atoms with Crippen LogP contribution in [0.1, 0.15) is 31.0 Å². The quantitative estimate of drug-likeness (QED) is 0.588. The molecular formula is C10H15N3S. The summed E-state index contributed by atoms with van der Waals surface area (Å²) in [5.74, 6) is 8.24. The minimum absolute atomic E-state index is 0.302. The number of fused-ring (bicyclic) bond motifs is 1. The summed E-state index contributed by atoms with van der Waals surface area (Å²) >= 11 is 1.51. The first-order valence-corrected chi connectivity index (χ1v) is 6.12. The van der Waals surface area contributed by atoms with Gasteiger partial charge >= 0.3 is 0 Å². The standard InChI is InChI=1S/C10H15N3S/c11-12-10(8-4-5-14-13-8)9-6-2-1-3-7(6)9/h4-7,9-10,12H,1-3,11H2. The van der Waals surface area contributed by atoms with Gasteiger partial charge in [-0.1, -0.05) is 6.42 Å². The van der Waals surface area contributed by atoms with Crippen molar-refractivity contribution < 1.29 is 0 Å². The van der Waals surface area contributed by atoms with E-state index < -0.39 is 0 Å². The van der Waals surface area contributed by atoms with Gasteiger partial charge in [-0.15, -0.1) is 0 Å². The normalized spacial score (nSPS) is 36.8. The summed E-state index contributed by atoms with van der Waals surface area (Å²) in [6.45, 7) is 0. The highest BCUT2D eigenvalue weighted by molar-refractivity contribution is 7.03. The zero-order valence-corrected chi connectivity index (χ0v) is 8.83. The van der Waals surface area contributed by atoms with E-state index in [1.165, 1.54) is 30.8 Å². The first-order valence-electron chi connectivity index (χ1n) is 5.28. The minimum atomic E-state index is 0.302. The summed E-state index contributed by atoms with van der Waals surface area (Å²) in [4.78, 5) is 0. The zero-order chi connectivity index (χ0) is 9.54. The maximum atomic E-state index is 5.62. The van der Waals surface area contributed by atoms with E-state index in [1.807, 2.05) is 5.38 Å². The van der Waals surface area contributed by atoms with E-state index in [1.54, 1.807) is 0 Å². The van der Waals surface area contributed by atoms with Gasteiger partial charge in [0.1, 0.15) is 0 Å². The Morgan fingerprint density at radius 2 is 2.29 bits per heavy atom. The van der Waals surface area contributed by atoms with Crippen molar-refractivity contribution in [3.8, 4) is 0 Å². The molecule has 1 heterocycles. The maximum Gasteiger partial charge on any atom is 0.0728 e. The lowest BCUT2D eigenvalue weighted by Crippen LogP contribution is -2.30. The van der Waals surface area contributed by atoms with Crippen molar-refractivity contribution in [1.29, 1.82) is 0 Å². The molecule has 2 aliphatic rings. The SMILES string of the molecule is NNC(c1ccsn1)C1C2CCCC21. The number of aromatic nitrogens is 1. The van der Waals surface area contributed by atoms with Gasteiger partial charge in [-0.25, -0.2) is 0 Å². The van der Waals surface area contributed by atoms with Crippen molar-refractivity contribution in [3.05, 3.63) is 17.1 Å². The molecule has 0 spiro atoms. The Labute approximate surface area is 87.8 Å². The third-order valence-electron chi connectivity index (χ3n) is 3.81. The van der Waals surface area contributed by atoms with Crippen LogP contribution in [0.15, 0.2) is 11.4 Å². The number of rotatable bonds is 3. The highest BCUT2D eigenvalue weighted by Gasteiger charge is 2.56. The van der Waals surface area contributed by atoms with Crippen molar-refractivity contribution in [2.45, 2.75) is 25.3 Å². The molecule has 76 valence electrons. The number of nitrogens with one attached hydrogen (secondary N) is 1. The Hall–Kier alpha value is -0.450. The van der Waals surface area contributed by atoms with Crippen molar-refractivity contribution in [2.24, 2.45) is 23.6 Å². The van der Waals surface area contributed by atoms with E-state index in [0.717, 1.165) is 23.4 Å². The fourth-order valence-electron chi connectivity index (χ4n) is 3.15. The van der Waals surface area contributed by atoms with Gasteiger partial charge in [-0.3, -0.25) is 11.3 Å². The van der Waals surface area contributed by atoms with Crippen LogP contribution >= 0.6 is 11.5 Å². The second-order valence-electron chi connectivity index (χ2n) is 4.40. The van der Waals surface area contributed by atoms with Crippen LogP contribution in [0.3, 0.4) is 0 Å². The summed E-state index contributed by atoms with van der Waals surface area (Å²) in [7, 11) is 0. The van der Waals surface area contributed by atoms with E-state index in [2.05, 4.69) is 15.9 Å². The van der Waals surface area contributed by atoms with Crippen LogP contribution in [0.4, 0.5) is 0 Å². The highest BCUT2D eigenvalue weighted by Crippen LogP contribution is 2.61. The van der Waals surface area contributed by atoms with Gasteiger partial charge in [-0.2, -0.15) is 4.37 Å². The molecule has 0 aliphatic heterocycles. The monoisotopic (exact) mass is 209 g/mol. The summed E-state index contributed by atoms with van der Waals surface area (Å²) < 4.78 is 4.38. The number of hydrogen-bond acceptors (Lipinski definition) is 4. The largest absolute Gasteiger partial charge is 0.271 e. The van der Waals surface area contributed by atoms with Gasteiger partial charge in [-0.05, 0) is 48.2 Å². The first kappa shape index (κ1) is 8.83. The third-order valence-corrected chi connectivity index (χ3v) is 4.39. The average molecular weight is 209 g/mol. The molecule has 4 heteroatoms. The van der Waals surface area contributed by atoms with E-state index in [-0.39, 0.29) is 0 Å². The molecule has 0 bridgehead atoms. The van der Waals surface area contributed by atoms with Crippen LogP contribution in [0.5, 0.6) is 0 Å². The Balaban J connectivity index is 1.77. The molecule has 14 heavy (non-hydrogen) atoms. The molecule has 3 rings (SSSR count). The van der Waals surface area contributed by atoms with Crippen LogP contribution in [-0.2, 0) is 0 Å². The van der Waals surface area contributed by atoms with Gasteiger partial charge in [0.05, 0.1) is 11.7 Å². The van der Waals surface area contributed by atoms with Crippen LogP contribution in [0.2, 0.25) is 0 Å². The summed E-state index contributed by atoms with van der Waals surface area (Å²) in [5.41, 5.74) is 4.08. The number of nitrogens with zero attached hydrogens (tertiary/aromatic N) is 1. The second-order valence-corrected chi connectivity index (χ2v) is 5.07. The minimum Gasteiger partial charge on any atom is -0.271 e. The van der Waals surface area contributed by atoms with Crippen LogP contribution in [0, 0.1) is 17.8 Å². The fraction of sp³-hybridized carbons (Fsp3) is 0.700. The Kier molecular flexibility index (Phi) is 2.08. The average Bonchev–Trinajstić information content (AvgIpc) is 2.67. The topological polar surface area (TPSA) is 50.9 Å². The zero-order valence-electron chi connectivity index (χ0n) is 8.02. The molecule has 1 aromatic rings. The van der Waals surface area contributed by atoms with Gasteiger partial charge in [0, 0.05) is 5.38 Å². The van der Waals surface area contributed by atoms with Crippen LogP contribution < -0.4 is 11.3 Å². The molecule has 2 fully saturated rings. The highest BCUT2D eigenvalue weighted by atomic mass is 32.1. The predicted octanol–water partition coefficient (Wildman–Crippen LogP) is 1.69.